The molecule has 17 heavy (non-hydrogen) atoms. The molecule has 1 unspecified atom stereocenters. The lowest BCUT2D eigenvalue weighted by atomic mass is 10.3. The predicted octanol–water partition coefficient (Wildman–Crippen LogP) is -1.60. The predicted molar refractivity (Wildman–Crippen MR) is 57.7 cm³/mol. The number of methoxy groups -OCH3 is 1. The number of alkyl carbamates (subject to hydrolysis) is 1. The standard InChI is InChI=1S/C8H13N3O5S/c1-16-8(13)11-6(5-17(2,14)15)7(12)10-4-3-9/h6H,4-5H2,1-2H3,(H,10,12)(H,11,13). The molecule has 9 heteroatoms. The molecule has 0 saturated carbocycles. The third-order valence-electron chi connectivity index (χ3n) is 1.61. The van der Waals surface area contributed by atoms with Gasteiger partial charge >= 0.3 is 6.09 Å². The van der Waals surface area contributed by atoms with Crippen molar-refractivity contribution >= 4 is 21.8 Å². The summed E-state index contributed by atoms with van der Waals surface area (Å²) in [6.07, 6.45) is 0.00189. The average molecular weight is 263 g/mol. The van der Waals surface area contributed by atoms with E-state index in [-0.39, 0.29) is 6.54 Å². The average Bonchev–Trinajstić information content (AvgIpc) is 2.22. The number of sulfone groups is 1. The topological polar surface area (TPSA) is 125 Å². The van der Waals surface area contributed by atoms with Gasteiger partial charge in [0, 0.05) is 6.26 Å². The van der Waals surface area contributed by atoms with Gasteiger partial charge in [-0.25, -0.2) is 13.2 Å². The quantitative estimate of drug-likeness (QED) is 0.575. The molecule has 0 fully saturated rings. The van der Waals surface area contributed by atoms with Crippen molar-refractivity contribution in [3.8, 4) is 6.07 Å². The Hall–Kier alpha value is -1.82. The van der Waals surface area contributed by atoms with Crippen LogP contribution in [0.1, 0.15) is 0 Å². The molecular weight excluding hydrogens is 250 g/mol. The fourth-order valence-electron chi connectivity index (χ4n) is 0.937. The number of amides is 2. The first kappa shape index (κ1) is 15.2. The molecule has 1 atom stereocenters. The van der Waals surface area contributed by atoms with Gasteiger partial charge in [0.05, 0.1) is 18.9 Å². The van der Waals surface area contributed by atoms with Gasteiger partial charge in [-0.1, -0.05) is 0 Å². The first-order chi connectivity index (χ1) is 7.80. The molecule has 8 nitrogen and oxygen atoms in total. The summed E-state index contributed by atoms with van der Waals surface area (Å²) in [5.41, 5.74) is 0. The summed E-state index contributed by atoms with van der Waals surface area (Å²) >= 11 is 0. The highest BCUT2D eigenvalue weighted by Crippen LogP contribution is 1.93. The summed E-state index contributed by atoms with van der Waals surface area (Å²) in [7, 11) is -2.38. The Morgan fingerprint density at radius 1 is 1.47 bits per heavy atom. The van der Waals surface area contributed by atoms with Gasteiger partial charge in [0.1, 0.15) is 22.4 Å². The molecule has 0 saturated heterocycles. The number of rotatable bonds is 5. The van der Waals surface area contributed by atoms with E-state index in [1.54, 1.807) is 6.07 Å². The van der Waals surface area contributed by atoms with E-state index in [1.807, 2.05) is 0 Å². The molecule has 0 rings (SSSR count). The van der Waals surface area contributed by atoms with Crippen LogP contribution >= 0.6 is 0 Å². The number of hydrogen-bond donors (Lipinski definition) is 2. The van der Waals surface area contributed by atoms with Gasteiger partial charge in [0.2, 0.25) is 5.91 Å². The number of hydrogen-bond acceptors (Lipinski definition) is 6. The second kappa shape index (κ2) is 6.70. The van der Waals surface area contributed by atoms with Crippen LogP contribution in [-0.2, 0) is 19.4 Å². The second-order valence-corrected chi connectivity index (χ2v) is 5.34. The number of carbonyl (C=O) groups excluding carboxylic acids is 2. The van der Waals surface area contributed by atoms with E-state index in [0.29, 0.717) is 0 Å². The minimum atomic E-state index is -3.46. The molecule has 96 valence electrons. The van der Waals surface area contributed by atoms with E-state index in [4.69, 9.17) is 5.26 Å². The van der Waals surface area contributed by atoms with Crippen molar-refractivity contribution in [1.82, 2.24) is 10.6 Å². The fraction of sp³-hybridized carbons (Fsp3) is 0.625. The van der Waals surface area contributed by atoms with Crippen molar-refractivity contribution in [3.63, 3.8) is 0 Å². The maximum absolute atomic E-state index is 11.4. The van der Waals surface area contributed by atoms with Crippen LogP contribution in [0.4, 0.5) is 4.79 Å². The lowest BCUT2D eigenvalue weighted by molar-refractivity contribution is -0.122. The SMILES string of the molecule is COC(=O)NC(CS(C)(=O)=O)C(=O)NCC#N. The molecule has 0 radical (unpaired) electrons. The van der Waals surface area contributed by atoms with Crippen LogP contribution in [0.5, 0.6) is 0 Å². The van der Waals surface area contributed by atoms with Gasteiger partial charge in [-0.15, -0.1) is 0 Å². The Morgan fingerprint density at radius 2 is 2.06 bits per heavy atom. The molecule has 2 amide bonds. The summed E-state index contributed by atoms with van der Waals surface area (Å²) in [6, 6.07) is 0.372. The van der Waals surface area contributed by atoms with Gasteiger partial charge < -0.3 is 15.4 Å². The molecule has 0 aromatic carbocycles. The van der Waals surface area contributed by atoms with Gasteiger partial charge in [0.25, 0.3) is 0 Å². The lowest BCUT2D eigenvalue weighted by Gasteiger charge is -2.15. The second-order valence-electron chi connectivity index (χ2n) is 3.16. The summed E-state index contributed by atoms with van der Waals surface area (Å²) in [6.45, 7) is -0.276. The maximum Gasteiger partial charge on any atom is 0.407 e. The highest BCUT2D eigenvalue weighted by atomic mass is 32.2. The molecular formula is C8H13N3O5S. The van der Waals surface area contributed by atoms with E-state index in [1.165, 1.54) is 0 Å². The van der Waals surface area contributed by atoms with Gasteiger partial charge in [-0.3, -0.25) is 4.79 Å². The van der Waals surface area contributed by atoms with Gasteiger partial charge in [-0.05, 0) is 0 Å². The van der Waals surface area contributed by atoms with Crippen molar-refractivity contribution < 1.29 is 22.7 Å². The van der Waals surface area contributed by atoms with Crippen LogP contribution in [0.25, 0.3) is 0 Å². The summed E-state index contributed by atoms with van der Waals surface area (Å²) in [4.78, 5) is 22.3. The van der Waals surface area contributed by atoms with Gasteiger partial charge in [-0.2, -0.15) is 5.26 Å². The smallest absolute Gasteiger partial charge is 0.407 e. The van der Waals surface area contributed by atoms with Crippen LogP contribution in [0.3, 0.4) is 0 Å². The molecule has 0 spiro atoms. The lowest BCUT2D eigenvalue weighted by Crippen LogP contribution is -2.50. The Labute approximate surface area is 98.8 Å². The van der Waals surface area contributed by atoms with E-state index >= 15 is 0 Å². The molecule has 0 aliphatic heterocycles. The Bertz CT molecular complexity index is 425. The first-order valence-corrected chi connectivity index (χ1v) is 6.53. The monoisotopic (exact) mass is 263 g/mol. The van der Waals surface area contributed by atoms with E-state index in [0.717, 1.165) is 13.4 Å². The van der Waals surface area contributed by atoms with Crippen molar-refractivity contribution in [3.05, 3.63) is 0 Å². The number of ether oxygens (including phenoxy) is 1. The highest BCUT2D eigenvalue weighted by molar-refractivity contribution is 7.90. The Kier molecular flexibility index (Phi) is 5.98. The van der Waals surface area contributed by atoms with Crippen LogP contribution in [-0.4, -0.2) is 52.1 Å². The Balaban J connectivity index is 4.67. The molecule has 0 aliphatic carbocycles. The summed E-state index contributed by atoms with van der Waals surface area (Å²) in [5, 5.41) is 12.5. The van der Waals surface area contributed by atoms with Crippen LogP contribution in [0.15, 0.2) is 0 Å². The number of nitriles is 1. The minimum Gasteiger partial charge on any atom is -0.453 e. The minimum absolute atomic E-state index is 0.276. The zero-order valence-corrected chi connectivity index (χ0v) is 10.2. The van der Waals surface area contributed by atoms with Crippen molar-refractivity contribution in [2.45, 2.75) is 6.04 Å². The molecule has 0 aliphatic rings. The molecule has 0 heterocycles. The van der Waals surface area contributed by atoms with Crippen molar-refractivity contribution in [2.75, 3.05) is 25.7 Å². The zero-order chi connectivity index (χ0) is 13.5. The number of nitrogens with zero attached hydrogens (tertiary/aromatic N) is 1. The number of nitrogens with one attached hydrogen (secondary N) is 2. The first-order valence-electron chi connectivity index (χ1n) is 4.47. The normalized spacial score (nSPS) is 12.1. The number of carbonyl (C=O) groups is 2. The molecule has 0 aromatic rings. The van der Waals surface area contributed by atoms with Crippen molar-refractivity contribution in [1.29, 1.82) is 5.26 Å². The van der Waals surface area contributed by atoms with Gasteiger partial charge in [0.15, 0.2) is 0 Å². The fourth-order valence-corrected chi connectivity index (χ4v) is 1.78. The largest absolute Gasteiger partial charge is 0.453 e. The van der Waals surface area contributed by atoms with Crippen molar-refractivity contribution in [2.24, 2.45) is 0 Å². The zero-order valence-electron chi connectivity index (χ0n) is 9.39. The summed E-state index contributed by atoms with van der Waals surface area (Å²) in [5.74, 6) is -1.33. The van der Waals surface area contributed by atoms with Crippen LogP contribution in [0.2, 0.25) is 0 Å². The third-order valence-corrected chi connectivity index (χ3v) is 2.54. The van der Waals surface area contributed by atoms with Crippen LogP contribution in [0, 0.1) is 11.3 Å². The molecule has 0 aromatic heterocycles. The van der Waals surface area contributed by atoms with E-state index in [9.17, 15) is 18.0 Å². The summed E-state index contributed by atoms with van der Waals surface area (Å²) < 4.78 is 26.4. The highest BCUT2D eigenvalue weighted by Gasteiger charge is 2.24. The Morgan fingerprint density at radius 3 is 2.47 bits per heavy atom. The van der Waals surface area contributed by atoms with E-state index in [2.05, 4.69) is 15.4 Å². The van der Waals surface area contributed by atoms with E-state index < -0.39 is 33.6 Å². The molecule has 2 N–H and O–H groups in total. The molecule has 0 bridgehead atoms. The third kappa shape index (κ3) is 7.13. The maximum atomic E-state index is 11.4. The van der Waals surface area contributed by atoms with Crippen LogP contribution < -0.4 is 10.6 Å².